The van der Waals surface area contributed by atoms with Crippen molar-refractivity contribution in [2.45, 2.75) is 32.4 Å². The molecule has 2 heterocycles. The zero-order valence-corrected chi connectivity index (χ0v) is 10.4. The van der Waals surface area contributed by atoms with Gasteiger partial charge in [-0.15, -0.1) is 0 Å². The van der Waals surface area contributed by atoms with E-state index in [1.807, 2.05) is 23.1 Å². The van der Waals surface area contributed by atoms with Crippen LogP contribution in [0.3, 0.4) is 0 Å². The fraction of sp³-hybridized carbons (Fsp3) is 0.538. The zero-order chi connectivity index (χ0) is 12.3. The Morgan fingerprint density at radius 1 is 1.47 bits per heavy atom. The molecule has 4 heteroatoms. The summed E-state index contributed by atoms with van der Waals surface area (Å²) < 4.78 is 0. The van der Waals surface area contributed by atoms with E-state index in [0.717, 1.165) is 18.7 Å². The van der Waals surface area contributed by atoms with Gasteiger partial charge in [0.1, 0.15) is 0 Å². The van der Waals surface area contributed by atoms with Crippen LogP contribution in [0.5, 0.6) is 0 Å². The number of rotatable bonds is 2. The summed E-state index contributed by atoms with van der Waals surface area (Å²) in [5.74, 6) is 0.151. The Morgan fingerprint density at radius 3 is 3.00 bits per heavy atom. The third-order valence-electron chi connectivity index (χ3n) is 3.27. The lowest BCUT2D eigenvalue weighted by molar-refractivity contribution is -0.135. The first-order chi connectivity index (χ1) is 8.09. The molecule has 1 aromatic rings. The lowest BCUT2D eigenvalue weighted by atomic mass is 9.98. The van der Waals surface area contributed by atoms with Gasteiger partial charge in [-0.05, 0) is 38.9 Å². The summed E-state index contributed by atoms with van der Waals surface area (Å²) in [4.78, 5) is 18.3. The predicted octanol–water partition coefficient (Wildman–Crippen LogP) is 1.18. The average Bonchev–Trinajstić information content (AvgIpc) is 2.43. The highest BCUT2D eigenvalue weighted by molar-refractivity contribution is 5.79. The van der Waals surface area contributed by atoms with E-state index in [0.29, 0.717) is 13.1 Å². The SMILES string of the molecule is CC1(C)CCNCC(=O)N1Cc1ccccn1. The van der Waals surface area contributed by atoms with Crippen LogP contribution < -0.4 is 5.32 Å². The maximum atomic E-state index is 12.1. The Morgan fingerprint density at radius 2 is 2.29 bits per heavy atom. The second-order valence-electron chi connectivity index (χ2n) is 5.04. The van der Waals surface area contributed by atoms with Gasteiger partial charge < -0.3 is 10.2 Å². The van der Waals surface area contributed by atoms with E-state index in [1.165, 1.54) is 0 Å². The van der Waals surface area contributed by atoms with Gasteiger partial charge in [0.25, 0.3) is 0 Å². The smallest absolute Gasteiger partial charge is 0.237 e. The molecular formula is C13H19N3O. The minimum Gasteiger partial charge on any atom is -0.331 e. The van der Waals surface area contributed by atoms with E-state index in [9.17, 15) is 4.79 Å². The average molecular weight is 233 g/mol. The molecule has 17 heavy (non-hydrogen) atoms. The van der Waals surface area contributed by atoms with Gasteiger partial charge in [0.15, 0.2) is 0 Å². The van der Waals surface area contributed by atoms with Crippen LogP contribution in [0.2, 0.25) is 0 Å². The quantitative estimate of drug-likeness (QED) is 0.834. The summed E-state index contributed by atoms with van der Waals surface area (Å²) >= 11 is 0. The van der Waals surface area contributed by atoms with Crippen molar-refractivity contribution in [1.29, 1.82) is 0 Å². The maximum Gasteiger partial charge on any atom is 0.237 e. The van der Waals surface area contributed by atoms with Gasteiger partial charge in [0.05, 0.1) is 18.8 Å². The van der Waals surface area contributed by atoms with Crippen molar-refractivity contribution in [2.75, 3.05) is 13.1 Å². The molecule has 1 aliphatic heterocycles. The molecule has 1 saturated heterocycles. The topological polar surface area (TPSA) is 45.2 Å². The van der Waals surface area contributed by atoms with Crippen LogP contribution in [-0.4, -0.2) is 34.4 Å². The van der Waals surface area contributed by atoms with Crippen LogP contribution in [0.15, 0.2) is 24.4 Å². The molecule has 92 valence electrons. The number of pyridine rings is 1. The van der Waals surface area contributed by atoms with Crippen molar-refractivity contribution in [1.82, 2.24) is 15.2 Å². The summed E-state index contributed by atoms with van der Waals surface area (Å²) in [6, 6.07) is 5.80. The molecule has 1 aromatic heterocycles. The van der Waals surface area contributed by atoms with Crippen LogP contribution in [0.1, 0.15) is 26.0 Å². The lowest BCUT2D eigenvalue weighted by Gasteiger charge is -2.36. The van der Waals surface area contributed by atoms with Gasteiger partial charge >= 0.3 is 0 Å². The molecule has 0 spiro atoms. The number of carbonyl (C=O) groups excluding carboxylic acids is 1. The number of nitrogens with zero attached hydrogens (tertiary/aromatic N) is 2. The van der Waals surface area contributed by atoms with Gasteiger partial charge in [0.2, 0.25) is 5.91 Å². The molecule has 0 radical (unpaired) electrons. The van der Waals surface area contributed by atoms with Crippen LogP contribution in [-0.2, 0) is 11.3 Å². The highest BCUT2D eigenvalue weighted by Crippen LogP contribution is 2.22. The van der Waals surface area contributed by atoms with Gasteiger partial charge in [-0.25, -0.2) is 0 Å². The molecule has 2 rings (SSSR count). The van der Waals surface area contributed by atoms with Crippen molar-refractivity contribution in [3.8, 4) is 0 Å². The Kier molecular flexibility index (Phi) is 3.43. The summed E-state index contributed by atoms with van der Waals surface area (Å²) in [6.07, 6.45) is 2.73. The van der Waals surface area contributed by atoms with Gasteiger partial charge in [-0.2, -0.15) is 0 Å². The number of nitrogens with one attached hydrogen (secondary N) is 1. The normalized spacial score (nSPS) is 20.1. The molecule has 0 unspecified atom stereocenters. The Labute approximate surface area is 102 Å². The van der Waals surface area contributed by atoms with Crippen LogP contribution in [0.25, 0.3) is 0 Å². The molecule has 1 aliphatic rings. The third kappa shape index (κ3) is 2.82. The predicted molar refractivity (Wildman–Crippen MR) is 66.4 cm³/mol. The number of aromatic nitrogens is 1. The summed E-state index contributed by atoms with van der Waals surface area (Å²) in [7, 11) is 0. The van der Waals surface area contributed by atoms with Crippen LogP contribution in [0.4, 0.5) is 0 Å². The largest absolute Gasteiger partial charge is 0.331 e. The Balaban J connectivity index is 2.18. The zero-order valence-electron chi connectivity index (χ0n) is 10.4. The Bertz CT molecular complexity index is 389. The molecule has 0 atom stereocenters. The van der Waals surface area contributed by atoms with Crippen molar-refractivity contribution < 1.29 is 4.79 Å². The monoisotopic (exact) mass is 233 g/mol. The number of hydrogen-bond donors (Lipinski definition) is 1. The number of amides is 1. The first-order valence-corrected chi connectivity index (χ1v) is 6.01. The highest BCUT2D eigenvalue weighted by Gasteiger charge is 2.32. The van der Waals surface area contributed by atoms with Crippen LogP contribution >= 0.6 is 0 Å². The second-order valence-corrected chi connectivity index (χ2v) is 5.04. The molecule has 1 amide bonds. The van der Waals surface area contributed by atoms with Crippen molar-refractivity contribution >= 4 is 5.91 Å². The highest BCUT2D eigenvalue weighted by atomic mass is 16.2. The summed E-state index contributed by atoms with van der Waals surface area (Å²) in [6.45, 7) is 6.13. The van der Waals surface area contributed by atoms with Crippen molar-refractivity contribution in [3.05, 3.63) is 30.1 Å². The van der Waals surface area contributed by atoms with E-state index in [1.54, 1.807) is 6.20 Å². The second kappa shape index (κ2) is 4.84. The first kappa shape index (κ1) is 12.0. The van der Waals surface area contributed by atoms with Gasteiger partial charge in [-0.3, -0.25) is 9.78 Å². The molecule has 1 fully saturated rings. The number of hydrogen-bond acceptors (Lipinski definition) is 3. The van der Waals surface area contributed by atoms with Gasteiger partial charge in [-0.1, -0.05) is 6.07 Å². The minimum absolute atomic E-state index is 0.113. The standard InChI is InChI=1S/C13H19N3O/c1-13(2)6-8-14-9-12(17)16(13)10-11-5-3-4-7-15-11/h3-5,7,14H,6,8-10H2,1-2H3. The first-order valence-electron chi connectivity index (χ1n) is 6.01. The molecular weight excluding hydrogens is 214 g/mol. The van der Waals surface area contributed by atoms with Crippen molar-refractivity contribution in [3.63, 3.8) is 0 Å². The fourth-order valence-electron chi connectivity index (χ4n) is 2.11. The van der Waals surface area contributed by atoms with E-state index in [2.05, 4.69) is 24.1 Å². The maximum absolute atomic E-state index is 12.1. The van der Waals surface area contributed by atoms with E-state index < -0.39 is 0 Å². The van der Waals surface area contributed by atoms with E-state index in [-0.39, 0.29) is 11.4 Å². The fourth-order valence-corrected chi connectivity index (χ4v) is 2.11. The molecule has 0 bridgehead atoms. The molecule has 4 nitrogen and oxygen atoms in total. The molecule has 0 saturated carbocycles. The van der Waals surface area contributed by atoms with Gasteiger partial charge in [0, 0.05) is 11.7 Å². The third-order valence-corrected chi connectivity index (χ3v) is 3.27. The lowest BCUT2D eigenvalue weighted by Crippen LogP contribution is -2.47. The number of carbonyl (C=O) groups is 1. The molecule has 0 aromatic carbocycles. The molecule has 0 aliphatic carbocycles. The van der Waals surface area contributed by atoms with E-state index >= 15 is 0 Å². The summed E-state index contributed by atoms with van der Waals surface area (Å²) in [5, 5.41) is 3.16. The molecule has 1 N–H and O–H groups in total. The van der Waals surface area contributed by atoms with E-state index in [4.69, 9.17) is 0 Å². The minimum atomic E-state index is -0.113. The van der Waals surface area contributed by atoms with Crippen LogP contribution in [0, 0.1) is 0 Å². The van der Waals surface area contributed by atoms with Crippen molar-refractivity contribution in [2.24, 2.45) is 0 Å². The Hall–Kier alpha value is -1.42. The summed E-state index contributed by atoms with van der Waals surface area (Å²) in [5.41, 5.74) is 0.828.